The molecule has 3 heteroatoms. The van der Waals surface area contributed by atoms with Crippen LogP contribution in [0.4, 0.5) is 4.39 Å². The summed E-state index contributed by atoms with van der Waals surface area (Å²) in [5, 5.41) is 8.58. The Hall–Kier alpha value is -2.00. The Morgan fingerprint density at radius 3 is 2.53 bits per heavy atom. The van der Waals surface area contributed by atoms with Crippen LogP contribution < -0.4 is 0 Å². The van der Waals surface area contributed by atoms with Gasteiger partial charge >= 0.3 is 0 Å². The fourth-order valence-corrected chi connectivity index (χ4v) is 1.51. The van der Waals surface area contributed by atoms with Crippen molar-refractivity contribution in [1.29, 1.82) is 0 Å². The second kappa shape index (κ2) is 5.37. The smallest absolute Gasteiger partial charge is 0.126 e. The molecule has 2 nitrogen and oxygen atoms in total. The maximum Gasteiger partial charge on any atom is 0.126 e. The SMILES string of the molecule is OC/C(F)=C\c1ccc(-c2ccccn2)cc1. The van der Waals surface area contributed by atoms with Crippen molar-refractivity contribution in [2.45, 2.75) is 0 Å². The number of aliphatic hydroxyl groups is 1. The number of pyridine rings is 1. The molecule has 1 N–H and O–H groups in total. The molecule has 1 aromatic heterocycles. The molecule has 0 aliphatic heterocycles. The van der Waals surface area contributed by atoms with Crippen molar-refractivity contribution < 1.29 is 9.50 Å². The Bertz CT molecular complexity index is 506. The molecule has 0 fully saturated rings. The summed E-state index contributed by atoms with van der Waals surface area (Å²) in [6, 6.07) is 13.0. The summed E-state index contributed by atoms with van der Waals surface area (Å²) in [5.41, 5.74) is 2.58. The number of aliphatic hydroxyl groups excluding tert-OH is 1. The Labute approximate surface area is 99.1 Å². The monoisotopic (exact) mass is 229 g/mol. The van der Waals surface area contributed by atoms with Crippen LogP contribution >= 0.6 is 0 Å². The molecule has 0 radical (unpaired) electrons. The van der Waals surface area contributed by atoms with Gasteiger partial charge in [-0.15, -0.1) is 0 Å². The molecule has 0 saturated heterocycles. The van der Waals surface area contributed by atoms with Gasteiger partial charge in [-0.2, -0.15) is 0 Å². The van der Waals surface area contributed by atoms with Gasteiger partial charge in [0.25, 0.3) is 0 Å². The molecule has 0 unspecified atom stereocenters. The summed E-state index contributed by atoms with van der Waals surface area (Å²) in [5.74, 6) is -0.546. The lowest BCUT2D eigenvalue weighted by molar-refractivity contribution is 0.300. The van der Waals surface area contributed by atoms with E-state index in [1.807, 2.05) is 30.3 Å². The topological polar surface area (TPSA) is 33.1 Å². The quantitative estimate of drug-likeness (QED) is 0.877. The minimum absolute atomic E-state index is 0.546. The van der Waals surface area contributed by atoms with Crippen LogP contribution in [0.25, 0.3) is 17.3 Å². The third kappa shape index (κ3) is 2.98. The lowest BCUT2D eigenvalue weighted by Gasteiger charge is -2.01. The summed E-state index contributed by atoms with van der Waals surface area (Å²) >= 11 is 0. The van der Waals surface area contributed by atoms with Gasteiger partial charge in [-0.3, -0.25) is 4.98 Å². The molecule has 0 bridgehead atoms. The van der Waals surface area contributed by atoms with Crippen molar-refractivity contribution in [1.82, 2.24) is 4.98 Å². The van der Waals surface area contributed by atoms with Crippen LogP contribution in [-0.4, -0.2) is 16.7 Å². The van der Waals surface area contributed by atoms with Gasteiger partial charge in [-0.05, 0) is 23.8 Å². The summed E-state index contributed by atoms with van der Waals surface area (Å²) in [4.78, 5) is 4.23. The van der Waals surface area contributed by atoms with E-state index in [0.717, 1.165) is 16.8 Å². The van der Waals surface area contributed by atoms with Gasteiger partial charge in [-0.25, -0.2) is 4.39 Å². The number of halogens is 1. The zero-order chi connectivity index (χ0) is 12.1. The minimum atomic E-state index is -0.567. The lowest BCUT2D eigenvalue weighted by atomic mass is 10.1. The Morgan fingerprint density at radius 1 is 1.18 bits per heavy atom. The number of rotatable bonds is 3. The molecule has 2 aromatic rings. The predicted molar refractivity (Wildman–Crippen MR) is 65.8 cm³/mol. The van der Waals surface area contributed by atoms with Crippen LogP contribution in [0.3, 0.4) is 0 Å². The van der Waals surface area contributed by atoms with Crippen LogP contribution in [-0.2, 0) is 0 Å². The van der Waals surface area contributed by atoms with Crippen molar-refractivity contribution in [2.75, 3.05) is 6.61 Å². The van der Waals surface area contributed by atoms with Crippen LogP contribution in [0.1, 0.15) is 5.56 Å². The first-order valence-electron chi connectivity index (χ1n) is 5.28. The van der Waals surface area contributed by atoms with Crippen molar-refractivity contribution in [3.63, 3.8) is 0 Å². The fourth-order valence-electron chi connectivity index (χ4n) is 1.51. The molecule has 0 aliphatic carbocycles. The highest BCUT2D eigenvalue weighted by Gasteiger charge is 1.98. The summed E-state index contributed by atoms with van der Waals surface area (Å²) in [6.07, 6.45) is 3.04. The minimum Gasteiger partial charge on any atom is -0.389 e. The van der Waals surface area contributed by atoms with Gasteiger partial charge in [0.1, 0.15) is 5.83 Å². The lowest BCUT2D eigenvalue weighted by Crippen LogP contribution is -1.84. The molecule has 0 atom stereocenters. The van der Waals surface area contributed by atoms with E-state index in [1.54, 1.807) is 18.3 Å². The summed E-state index contributed by atoms with van der Waals surface area (Å²) < 4.78 is 12.8. The van der Waals surface area contributed by atoms with Crippen LogP contribution in [0.5, 0.6) is 0 Å². The normalized spacial score (nSPS) is 11.5. The van der Waals surface area contributed by atoms with Gasteiger partial charge in [-0.1, -0.05) is 30.3 Å². The Kier molecular flexibility index (Phi) is 3.62. The third-order valence-electron chi connectivity index (χ3n) is 2.35. The van der Waals surface area contributed by atoms with Crippen molar-refractivity contribution in [3.05, 3.63) is 60.1 Å². The fraction of sp³-hybridized carbons (Fsp3) is 0.0714. The van der Waals surface area contributed by atoms with Crippen molar-refractivity contribution in [2.24, 2.45) is 0 Å². The Morgan fingerprint density at radius 2 is 1.94 bits per heavy atom. The van der Waals surface area contributed by atoms with E-state index in [2.05, 4.69) is 4.98 Å². The predicted octanol–water partition coefficient (Wildman–Crippen LogP) is 3.05. The highest BCUT2D eigenvalue weighted by molar-refractivity contribution is 5.62. The first-order valence-corrected chi connectivity index (χ1v) is 5.28. The van der Waals surface area contributed by atoms with Gasteiger partial charge in [0, 0.05) is 11.8 Å². The number of aromatic nitrogens is 1. The van der Waals surface area contributed by atoms with E-state index in [-0.39, 0.29) is 0 Å². The van der Waals surface area contributed by atoms with E-state index in [4.69, 9.17) is 5.11 Å². The second-order valence-corrected chi connectivity index (χ2v) is 3.59. The summed E-state index contributed by atoms with van der Waals surface area (Å²) in [7, 11) is 0. The largest absolute Gasteiger partial charge is 0.389 e. The molecule has 0 amide bonds. The molecule has 1 heterocycles. The van der Waals surface area contributed by atoms with Crippen molar-refractivity contribution in [3.8, 4) is 11.3 Å². The molecule has 2 rings (SSSR count). The molecule has 0 saturated carbocycles. The highest BCUT2D eigenvalue weighted by Crippen LogP contribution is 2.18. The maximum atomic E-state index is 12.8. The molecule has 1 aromatic carbocycles. The number of hydrogen-bond donors (Lipinski definition) is 1. The van der Waals surface area contributed by atoms with E-state index in [0.29, 0.717) is 0 Å². The van der Waals surface area contributed by atoms with Gasteiger partial charge < -0.3 is 5.11 Å². The molecule has 0 spiro atoms. The average Bonchev–Trinajstić information content (AvgIpc) is 2.40. The number of hydrogen-bond acceptors (Lipinski definition) is 2. The highest BCUT2D eigenvalue weighted by atomic mass is 19.1. The molecule has 0 aliphatic rings. The second-order valence-electron chi connectivity index (χ2n) is 3.59. The van der Waals surface area contributed by atoms with Gasteiger partial charge in [0.2, 0.25) is 0 Å². The third-order valence-corrected chi connectivity index (χ3v) is 2.35. The maximum absolute atomic E-state index is 12.8. The van der Waals surface area contributed by atoms with Crippen LogP contribution in [0.2, 0.25) is 0 Å². The standard InChI is InChI=1S/C14H12FNO/c15-13(10-17)9-11-4-6-12(7-5-11)14-3-1-2-8-16-14/h1-9,17H,10H2/b13-9+. The van der Waals surface area contributed by atoms with Gasteiger partial charge in [0.05, 0.1) is 12.3 Å². The first kappa shape index (κ1) is 11.5. The molecule has 86 valence electrons. The van der Waals surface area contributed by atoms with E-state index in [1.165, 1.54) is 6.08 Å². The van der Waals surface area contributed by atoms with E-state index >= 15 is 0 Å². The number of benzene rings is 1. The number of nitrogens with zero attached hydrogens (tertiary/aromatic N) is 1. The average molecular weight is 229 g/mol. The van der Waals surface area contributed by atoms with E-state index in [9.17, 15) is 4.39 Å². The first-order chi connectivity index (χ1) is 8.29. The van der Waals surface area contributed by atoms with Crippen LogP contribution in [0, 0.1) is 0 Å². The van der Waals surface area contributed by atoms with Crippen LogP contribution in [0.15, 0.2) is 54.5 Å². The summed E-state index contributed by atoms with van der Waals surface area (Å²) in [6.45, 7) is -0.567. The van der Waals surface area contributed by atoms with Crippen molar-refractivity contribution >= 4 is 6.08 Å². The molecular weight excluding hydrogens is 217 g/mol. The molecule has 17 heavy (non-hydrogen) atoms. The zero-order valence-electron chi connectivity index (χ0n) is 9.18. The van der Waals surface area contributed by atoms with Gasteiger partial charge in [0.15, 0.2) is 0 Å². The Balaban J connectivity index is 2.25. The van der Waals surface area contributed by atoms with E-state index < -0.39 is 12.4 Å². The molecular formula is C14H12FNO. The zero-order valence-corrected chi connectivity index (χ0v) is 9.18.